The Kier molecular flexibility index (Phi) is 6.71. The number of thioether (sulfide) groups is 1. The monoisotopic (exact) mass is 432 g/mol. The van der Waals surface area contributed by atoms with E-state index in [1.807, 2.05) is 26.8 Å². The van der Waals surface area contributed by atoms with E-state index < -0.39 is 0 Å². The summed E-state index contributed by atoms with van der Waals surface area (Å²) < 4.78 is 7.53. The normalized spacial score (nSPS) is 15.9. The second-order valence-corrected chi connectivity index (χ2v) is 8.68. The Hall–Kier alpha value is -2.23. The summed E-state index contributed by atoms with van der Waals surface area (Å²) in [6.45, 7) is 7.09. The number of ether oxygens (including phenoxy) is 1. The third kappa shape index (κ3) is 4.68. The first kappa shape index (κ1) is 21.5. The number of nitrogens with zero attached hydrogens (tertiary/aromatic N) is 3. The first-order chi connectivity index (χ1) is 13.8. The van der Waals surface area contributed by atoms with Crippen LogP contribution in [0.15, 0.2) is 28.0 Å². The lowest BCUT2D eigenvalue weighted by Gasteiger charge is -2.13. The number of hydrogen-bond donors (Lipinski definition) is 1. The van der Waals surface area contributed by atoms with Gasteiger partial charge in [-0.15, -0.1) is 0 Å². The Bertz CT molecular complexity index is 1050. The first-order valence-corrected chi connectivity index (χ1v) is 10.6. The van der Waals surface area contributed by atoms with Crippen LogP contribution in [0.3, 0.4) is 0 Å². The number of hydrogen-bond acceptors (Lipinski definition) is 7. The molecule has 0 aliphatic carbocycles. The van der Waals surface area contributed by atoms with Crippen molar-refractivity contribution in [3.05, 3.63) is 44.7 Å². The molecule has 0 atom stereocenters. The minimum atomic E-state index is -0.235. The summed E-state index contributed by atoms with van der Waals surface area (Å²) in [5, 5.41) is 3.24. The van der Waals surface area contributed by atoms with Crippen LogP contribution in [0.5, 0.6) is 0 Å². The molecule has 2 aromatic rings. The molecule has 1 aliphatic heterocycles. The van der Waals surface area contributed by atoms with Gasteiger partial charge in [0.1, 0.15) is 15.8 Å². The standard InChI is InChI=1S/C20H24N4O3S2/c1-12(2)27-10-6-8-21-16-14(11-15-19(26)23(4)20(28)29-15)18(25)24-9-5-7-13(3)17(24)22-16/h5,7,9,11-12,21H,6,8,10H2,1-4H3. The molecule has 0 aromatic carbocycles. The van der Waals surface area contributed by atoms with Gasteiger partial charge in [0.15, 0.2) is 0 Å². The lowest BCUT2D eigenvalue weighted by atomic mass is 10.2. The van der Waals surface area contributed by atoms with Crippen LogP contribution in [0.4, 0.5) is 5.82 Å². The van der Waals surface area contributed by atoms with E-state index in [0.29, 0.717) is 39.4 Å². The predicted molar refractivity (Wildman–Crippen MR) is 121 cm³/mol. The summed E-state index contributed by atoms with van der Waals surface area (Å²) in [6, 6.07) is 3.71. The molecule has 0 unspecified atom stereocenters. The van der Waals surface area contributed by atoms with Crippen molar-refractivity contribution in [3.63, 3.8) is 0 Å². The molecule has 1 aliphatic rings. The highest BCUT2D eigenvalue weighted by Crippen LogP contribution is 2.31. The van der Waals surface area contributed by atoms with Crippen molar-refractivity contribution in [1.82, 2.24) is 14.3 Å². The van der Waals surface area contributed by atoms with Crippen molar-refractivity contribution in [2.45, 2.75) is 33.3 Å². The van der Waals surface area contributed by atoms with E-state index in [1.54, 1.807) is 25.4 Å². The minimum absolute atomic E-state index is 0.174. The molecule has 0 radical (unpaired) electrons. The third-order valence-electron chi connectivity index (χ3n) is 4.41. The Morgan fingerprint density at radius 1 is 1.38 bits per heavy atom. The molecular weight excluding hydrogens is 408 g/mol. The summed E-state index contributed by atoms with van der Waals surface area (Å²) in [7, 11) is 1.63. The minimum Gasteiger partial charge on any atom is -0.379 e. The van der Waals surface area contributed by atoms with E-state index in [-0.39, 0.29) is 17.6 Å². The fourth-order valence-corrected chi connectivity index (χ4v) is 4.01. The SMILES string of the molecule is Cc1cccn2c(=O)c(C=C3SC(=S)N(C)C3=O)c(NCCCOC(C)C)nc12. The Balaban J connectivity index is 2.00. The number of pyridine rings is 1. The molecular formula is C20H24N4O3S2. The zero-order valence-electron chi connectivity index (χ0n) is 16.9. The maximum absolute atomic E-state index is 13.2. The molecule has 154 valence electrons. The smallest absolute Gasteiger partial charge is 0.267 e. The second kappa shape index (κ2) is 9.06. The van der Waals surface area contributed by atoms with Gasteiger partial charge >= 0.3 is 0 Å². The van der Waals surface area contributed by atoms with Crippen molar-refractivity contribution in [2.24, 2.45) is 0 Å². The van der Waals surface area contributed by atoms with Crippen molar-refractivity contribution in [1.29, 1.82) is 0 Å². The number of carbonyl (C=O) groups excluding carboxylic acids is 1. The Morgan fingerprint density at radius 3 is 2.79 bits per heavy atom. The maximum atomic E-state index is 13.2. The van der Waals surface area contributed by atoms with E-state index in [1.165, 1.54) is 21.1 Å². The summed E-state index contributed by atoms with van der Waals surface area (Å²) in [4.78, 5) is 32.1. The molecule has 3 heterocycles. The van der Waals surface area contributed by atoms with Crippen LogP contribution in [0, 0.1) is 6.92 Å². The molecule has 2 aromatic heterocycles. The van der Waals surface area contributed by atoms with Gasteiger partial charge in [-0.3, -0.25) is 18.9 Å². The van der Waals surface area contributed by atoms with E-state index in [2.05, 4.69) is 10.3 Å². The van der Waals surface area contributed by atoms with Crippen molar-refractivity contribution in [2.75, 3.05) is 25.5 Å². The number of aryl methyl sites for hydroxylation is 1. The predicted octanol–water partition coefficient (Wildman–Crippen LogP) is 3.06. The molecule has 29 heavy (non-hydrogen) atoms. The number of likely N-dealkylation sites (N-methyl/N-ethyl adjacent to an activating group) is 1. The topological polar surface area (TPSA) is 75.9 Å². The third-order valence-corrected chi connectivity index (χ3v) is 5.90. The van der Waals surface area contributed by atoms with Gasteiger partial charge in [-0.1, -0.05) is 30.0 Å². The summed E-state index contributed by atoms with van der Waals surface area (Å²) in [5.74, 6) is 0.236. The fourth-order valence-electron chi connectivity index (χ4n) is 2.85. The highest BCUT2D eigenvalue weighted by molar-refractivity contribution is 8.26. The lowest BCUT2D eigenvalue weighted by molar-refractivity contribution is -0.121. The van der Waals surface area contributed by atoms with E-state index in [4.69, 9.17) is 17.0 Å². The molecule has 1 amide bonds. The van der Waals surface area contributed by atoms with Gasteiger partial charge in [-0.05, 0) is 44.9 Å². The number of anilines is 1. The highest BCUT2D eigenvalue weighted by atomic mass is 32.2. The molecule has 0 saturated carbocycles. The molecule has 0 spiro atoms. The van der Waals surface area contributed by atoms with Gasteiger partial charge in [0.05, 0.1) is 16.6 Å². The molecule has 1 N–H and O–H groups in total. The van der Waals surface area contributed by atoms with Crippen LogP contribution in [0.25, 0.3) is 11.7 Å². The number of nitrogens with one attached hydrogen (secondary N) is 1. The first-order valence-electron chi connectivity index (χ1n) is 9.38. The summed E-state index contributed by atoms with van der Waals surface area (Å²) in [6.07, 6.45) is 4.21. The lowest BCUT2D eigenvalue weighted by Crippen LogP contribution is -2.23. The summed E-state index contributed by atoms with van der Waals surface area (Å²) in [5.41, 5.74) is 1.58. The molecule has 7 nitrogen and oxygen atoms in total. The highest BCUT2D eigenvalue weighted by Gasteiger charge is 2.29. The molecule has 3 rings (SSSR count). The van der Waals surface area contributed by atoms with Crippen molar-refractivity contribution in [3.8, 4) is 0 Å². The van der Waals surface area contributed by atoms with Crippen LogP contribution in [-0.4, -0.2) is 50.8 Å². The van der Waals surface area contributed by atoms with Crippen LogP contribution in [0.2, 0.25) is 0 Å². The van der Waals surface area contributed by atoms with Gasteiger partial charge in [0.2, 0.25) is 0 Å². The van der Waals surface area contributed by atoms with Gasteiger partial charge in [-0.2, -0.15) is 0 Å². The fraction of sp³-hybridized carbons (Fsp3) is 0.400. The number of thiocarbonyl (C=S) groups is 1. The largest absolute Gasteiger partial charge is 0.379 e. The Labute approximate surface area is 179 Å². The molecule has 1 fully saturated rings. The van der Waals surface area contributed by atoms with Crippen molar-refractivity contribution >= 4 is 51.7 Å². The van der Waals surface area contributed by atoms with Crippen LogP contribution < -0.4 is 10.9 Å². The van der Waals surface area contributed by atoms with Gasteiger partial charge in [-0.25, -0.2) is 4.98 Å². The number of aromatic nitrogens is 2. The van der Waals surface area contributed by atoms with Crippen molar-refractivity contribution < 1.29 is 9.53 Å². The van der Waals surface area contributed by atoms with E-state index in [0.717, 1.165) is 12.0 Å². The van der Waals surface area contributed by atoms with E-state index in [9.17, 15) is 9.59 Å². The van der Waals surface area contributed by atoms with E-state index >= 15 is 0 Å². The quantitative estimate of drug-likeness (QED) is 0.409. The number of amides is 1. The Morgan fingerprint density at radius 2 is 2.14 bits per heavy atom. The molecule has 1 saturated heterocycles. The number of rotatable bonds is 7. The summed E-state index contributed by atoms with van der Waals surface area (Å²) >= 11 is 6.37. The average molecular weight is 433 g/mol. The zero-order valence-corrected chi connectivity index (χ0v) is 18.5. The maximum Gasteiger partial charge on any atom is 0.267 e. The number of fused-ring (bicyclic) bond motifs is 1. The molecule has 9 heteroatoms. The van der Waals surface area contributed by atoms with Gasteiger partial charge in [0.25, 0.3) is 11.5 Å². The van der Waals surface area contributed by atoms with Gasteiger partial charge in [0, 0.05) is 26.4 Å². The van der Waals surface area contributed by atoms with Crippen LogP contribution >= 0.6 is 24.0 Å². The second-order valence-electron chi connectivity index (χ2n) is 7.00. The molecule has 0 bridgehead atoms. The zero-order chi connectivity index (χ0) is 21.1. The number of carbonyl (C=O) groups is 1. The van der Waals surface area contributed by atoms with Crippen LogP contribution in [-0.2, 0) is 9.53 Å². The van der Waals surface area contributed by atoms with Crippen LogP contribution in [0.1, 0.15) is 31.4 Å². The van der Waals surface area contributed by atoms with Gasteiger partial charge < -0.3 is 10.1 Å². The average Bonchev–Trinajstić information content (AvgIpc) is 2.91.